The molecule has 86 valence electrons. The van der Waals surface area contributed by atoms with Crippen LogP contribution in [0.15, 0.2) is 48.7 Å². The van der Waals surface area contributed by atoms with Crippen molar-refractivity contribution in [2.45, 2.75) is 13.5 Å². The number of carbonyl (C=O) groups excluding carboxylic acids is 1. The lowest BCUT2D eigenvalue weighted by Gasteiger charge is -2.06. The van der Waals surface area contributed by atoms with Crippen molar-refractivity contribution in [3.63, 3.8) is 0 Å². The molecule has 0 aliphatic rings. The van der Waals surface area contributed by atoms with E-state index in [-0.39, 0.29) is 5.78 Å². The van der Waals surface area contributed by atoms with Gasteiger partial charge in [0.25, 0.3) is 0 Å². The molecule has 2 nitrogen and oxygen atoms in total. The monoisotopic (exact) mass is 243 g/mol. The summed E-state index contributed by atoms with van der Waals surface area (Å²) in [5.41, 5.74) is 1.83. The van der Waals surface area contributed by atoms with E-state index in [2.05, 4.69) is 0 Å². The van der Waals surface area contributed by atoms with E-state index in [0.717, 1.165) is 11.1 Å². The number of benzene rings is 1. The quantitative estimate of drug-likeness (QED) is 0.609. The van der Waals surface area contributed by atoms with Gasteiger partial charge in [-0.1, -0.05) is 42.5 Å². The van der Waals surface area contributed by atoms with E-state index in [1.165, 1.54) is 0 Å². The molecule has 0 saturated carbocycles. The molecule has 0 radical (unpaired) electrons. The van der Waals surface area contributed by atoms with Crippen LogP contribution in [-0.4, -0.2) is 10.4 Å². The summed E-state index contributed by atoms with van der Waals surface area (Å²) in [5.74, 6) is 0.0746. The highest BCUT2D eigenvalue weighted by Gasteiger charge is 2.05. The number of aryl methyl sites for hydroxylation is 1. The second-order valence-corrected chi connectivity index (χ2v) is 4.38. The lowest BCUT2D eigenvalue weighted by Crippen LogP contribution is -2.11. The summed E-state index contributed by atoms with van der Waals surface area (Å²) in [6.07, 6.45) is 1.86. The van der Waals surface area contributed by atoms with Crippen LogP contribution in [0.3, 0.4) is 0 Å². The van der Waals surface area contributed by atoms with E-state index in [0.29, 0.717) is 11.2 Å². The summed E-state index contributed by atoms with van der Waals surface area (Å²) in [7, 11) is 0. The van der Waals surface area contributed by atoms with Crippen LogP contribution in [0.1, 0.15) is 15.9 Å². The molecule has 0 spiro atoms. The van der Waals surface area contributed by atoms with E-state index >= 15 is 0 Å². The van der Waals surface area contributed by atoms with E-state index in [1.54, 1.807) is 4.57 Å². The Morgan fingerprint density at radius 1 is 1.24 bits per heavy atom. The van der Waals surface area contributed by atoms with Crippen molar-refractivity contribution in [1.29, 1.82) is 0 Å². The largest absolute Gasteiger partial charge is 0.331 e. The summed E-state index contributed by atoms with van der Waals surface area (Å²) in [6.45, 7) is 2.28. The van der Waals surface area contributed by atoms with Crippen LogP contribution >= 0.6 is 12.2 Å². The zero-order chi connectivity index (χ0) is 12.3. The number of hydrogen-bond donors (Lipinski definition) is 0. The third-order valence-electron chi connectivity index (χ3n) is 2.56. The van der Waals surface area contributed by atoms with Crippen LogP contribution in [0.4, 0.5) is 0 Å². The number of aromatic nitrogens is 1. The summed E-state index contributed by atoms with van der Waals surface area (Å²) in [6, 6.07) is 13.1. The van der Waals surface area contributed by atoms with Crippen LogP contribution in [0, 0.1) is 11.6 Å². The van der Waals surface area contributed by atoms with Gasteiger partial charge in [-0.05, 0) is 24.6 Å². The van der Waals surface area contributed by atoms with E-state index in [9.17, 15) is 4.79 Å². The Labute approximate surface area is 106 Å². The maximum absolute atomic E-state index is 12.0. The smallest absolute Gasteiger partial charge is 0.182 e. The molecule has 0 atom stereocenters. The molecule has 0 saturated heterocycles. The van der Waals surface area contributed by atoms with E-state index in [1.807, 2.05) is 55.6 Å². The van der Waals surface area contributed by atoms with Crippen LogP contribution in [0.25, 0.3) is 0 Å². The molecule has 0 N–H and O–H groups in total. The lowest BCUT2D eigenvalue weighted by molar-refractivity contribution is 0.0971. The zero-order valence-electron chi connectivity index (χ0n) is 9.59. The number of ketones is 1. The van der Waals surface area contributed by atoms with E-state index in [4.69, 9.17) is 12.2 Å². The van der Waals surface area contributed by atoms with Crippen molar-refractivity contribution >= 4 is 18.0 Å². The molecule has 0 aliphatic carbocycles. The fourth-order valence-corrected chi connectivity index (χ4v) is 1.92. The average molecular weight is 243 g/mol. The normalized spacial score (nSPS) is 10.2. The van der Waals surface area contributed by atoms with E-state index < -0.39 is 0 Å². The standard InChI is InChI=1S/C14H13NOS/c1-11-7-8-15(14(17)9-11)10-13(16)12-5-3-2-4-6-12/h2-9H,10H2,1H3. The summed E-state index contributed by atoms with van der Waals surface area (Å²) >= 11 is 5.22. The van der Waals surface area contributed by atoms with Gasteiger partial charge in [0.05, 0.1) is 6.54 Å². The molecule has 2 aromatic rings. The van der Waals surface area contributed by atoms with Gasteiger partial charge in [-0.2, -0.15) is 0 Å². The second kappa shape index (κ2) is 5.06. The van der Waals surface area contributed by atoms with Crippen LogP contribution in [-0.2, 0) is 6.54 Å². The van der Waals surface area contributed by atoms with Crippen LogP contribution < -0.4 is 0 Å². The number of carbonyl (C=O) groups is 1. The van der Waals surface area contributed by atoms with Gasteiger partial charge >= 0.3 is 0 Å². The minimum atomic E-state index is 0.0746. The minimum absolute atomic E-state index is 0.0746. The molecule has 0 unspecified atom stereocenters. The number of Topliss-reactive ketones (excluding diaryl/α,β-unsaturated/α-hetero) is 1. The maximum Gasteiger partial charge on any atom is 0.182 e. The van der Waals surface area contributed by atoms with Crippen molar-refractivity contribution in [1.82, 2.24) is 4.57 Å². The highest BCUT2D eigenvalue weighted by atomic mass is 32.1. The molecular formula is C14H13NOS. The Bertz CT molecular complexity index is 587. The van der Waals surface area contributed by atoms with Gasteiger partial charge in [0.1, 0.15) is 4.64 Å². The molecule has 0 bridgehead atoms. The number of nitrogens with zero attached hydrogens (tertiary/aromatic N) is 1. The summed E-state index contributed by atoms with van der Waals surface area (Å²) in [5, 5.41) is 0. The first-order valence-electron chi connectivity index (χ1n) is 5.42. The molecule has 1 aromatic heterocycles. The number of pyridine rings is 1. The van der Waals surface area contributed by atoms with Gasteiger partial charge < -0.3 is 4.57 Å². The molecule has 3 heteroatoms. The third kappa shape index (κ3) is 2.88. The Morgan fingerprint density at radius 3 is 2.59 bits per heavy atom. The van der Waals surface area contributed by atoms with Gasteiger partial charge in [0, 0.05) is 11.8 Å². The molecule has 0 aliphatic heterocycles. The maximum atomic E-state index is 12.0. The SMILES string of the molecule is Cc1ccn(CC(=O)c2ccccc2)c(=S)c1. The topological polar surface area (TPSA) is 22.0 Å². The van der Waals surface area contributed by atoms with Crippen molar-refractivity contribution in [3.8, 4) is 0 Å². The zero-order valence-corrected chi connectivity index (χ0v) is 10.4. The van der Waals surface area contributed by atoms with Gasteiger partial charge in [0.15, 0.2) is 5.78 Å². The number of hydrogen-bond acceptors (Lipinski definition) is 2. The fourth-order valence-electron chi connectivity index (χ4n) is 1.61. The Hall–Kier alpha value is -1.74. The van der Waals surface area contributed by atoms with Crippen LogP contribution in [0.5, 0.6) is 0 Å². The first kappa shape index (κ1) is 11.7. The van der Waals surface area contributed by atoms with Crippen molar-refractivity contribution < 1.29 is 4.79 Å². The molecule has 2 rings (SSSR count). The molecule has 1 aromatic carbocycles. The van der Waals surface area contributed by atoms with Gasteiger partial charge in [-0.3, -0.25) is 4.79 Å². The fraction of sp³-hybridized carbons (Fsp3) is 0.143. The lowest BCUT2D eigenvalue weighted by atomic mass is 10.1. The van der Waals surface area contributed by atoms with Crippen LogP contribution in [0.2, 0.25) is 0 Å². The van der Waals surface area contributed by atoms with Gasteiger partial charge in [0.2, 0.25) is 0 Å². The van der Waals surface area contributed by atoms with Crippen molar-refractivity contribution in [2.75, 3.05) is 0 Å². The minimum Gasteiger partial charge on any atom is -0.331 e. The number of rotatable bonds is 3. The second-order valence-electron chi connectivity index (χ2n) is 3.96. The van der Waals surface area contributed by atoms with Gasteiger partial charge in [-0.25, -0.2) is 0 Å². The summed E-state index contributed by atoms with van der Waals surface area (Å²) in [4.78, 5) is 12.0. The highest BCUT2D eigenvalue weighted by molar-refractivity contribution is 7.71. The molecule has 0 amide bonds. The Balaban J connectivity index is 2.22. The Morgan fingerprint density at radius 2 is 1.94 bits per heavy atom. The first-order valence-corrected chi connectivity index (χ1v) is 5.83. The molecular weight excluding hydrogens is 230 g/mol. The van der Waals surface area contributed by atoms with Gasteiger partial charge in [-0.15, -0.1) is 0 Å². The predicted octanol–water partition coefficient (Wildman–Crippen LogP) is 3.41. The van der Waals surface area contributed by atoms with Crippen molar-refractivity contribution in [3.05, 3.63) is 64.4 Å². The molecule has 0 fully saturated rings. The molecule has 1 heterocycles. The predicted molar refractivity (Wildman–Crippen MR) is 70.8 cm³/mol. The Kier molecular flexibility index (Phi) is 3.49. The first-order chi connectivity index (χ1) is 8.16. The average Bonchev–Trinajstić information content (AvgIpc) is 2.34. The summed E-state index contributed by atoms with van der Waals surface area (Å²) < 4.78 is 2.48. The highest BCUT2D eigenvalue weighted by Crippen LogP contribution is 2.05. The molecule has 17 heavy (non-hydrogen) atoms. The van der Waals surface area contributed by atoms with Crippen molar-refractivity contribution in [2.24, 2.45) is 0 Å². The third-order valence-corrected chi connectivity index (χ3v) is 2.91.